The third-order valence-corrected chi connectivity index (χ3v) is 6.05. The van der Waals surface area contributed by atoms with Crippen molar-refractivity contribution in [2.24, 2.45) is 0 Å². The lowest BCUT2D eigenvalue weighted by atomic mass is 9.94. The van der Waals surface area contributed by atoms with Gasteiger partial charge in [0.1, 0.15) is 0 Å². The van der Waals surface area contributed by atoms with Gasteiger partial charge in [-0.3, -0.25) is 4.79 Å². The van der Waals surface area contributed by atoms with Crippen LogP contribution in [0.2, 0.25) is 5.02 Å². The number of hydrogen-bond acceptors (Lipinski definition) is 2. The molecule has 0 radical (unpaired) electrons. The monoisotopic (exact) mass is 353 g/mol. The molecule has 1 aromatic carbocycles. The summed E-state index contributed by atoms with van der Waals surface area (Å²) in [7, 11) is 0. The third-order valence-electron chi connectivity index (χ3n) is 4.01. The van der Waals surface area contributed by atoms with Crippen molar-refractivity contribution >= 4 is 50.5 Å². The summed E-state index contributed by atoms with van der Waals surface area (Å²) in [6.45, 7) is 0. The predicted octanol–water partition coefficient (Wildman–Crippen LogP) is 4.54. The van der Waals surface area contributed by atoms with E-state index in [-0.39, 0.29) is 17.2 Å². The zero-order chi connectivity index (χ0) is 13.2. The van der Waals surface area contributed by atoms with Crippen LogP contribution in [0, 0.1) is 0 Å². The van der Waals surface area contributed by atoms with Crippen LogP contribution in [0.25, 0.3) is 0 Å². The van der Waals surface area contributed by atoms with Gasteiger partial charge in [0.15, 0.2) is 0 Å². The smallest absolute Gasteiger partial charge is 0.235 e. The molecule has 5 heteroatoms. The maximum absolute atomic E-state index is 12.4. The second-order valence-electron chi connectivity index (χ2n) is 5.04. The highest BCUT2D eigenvalue weighted by molar-refractivity contribution is 9.10. The molecule has 96 valence electrons. The largest absolute Gasteiger partial charge is 0.325 e. The number of benzene rings is 1. The molecule has 19 heavy (non-hydrogen) atoms. The lowest BCUT2D eigenvalue weighted by Crippen LogP contribution is -2.20. The van der Waals surface area contributed by atoms with Crippen LogP contribution in [-0.4, -0.2) is 5.91 Å². The third kappa shape index (κ3) is 1.57. The second-order valence-corrected chi connectivity index (χ2v) is 7.33. The average Bonchev–Trinajstić information content (AvgIpc) is 2.90. The maximum atomic E-state index is 12.4. The molecule has 1 fully saturated rings. The molecule has 1 spiro atoms. The summed E-state index contributed by atoms with van der Waals surface area (Å²) in [6, 6.07) is 7.75. The minimum absolute atomic E-state index is 0.110. The SMILES string of the molecule is O=C1Nc2ccc(Cl)cc2[C@@]12C[C@@H]2c1cc(Br)cs1. The molecule has 0 unspecified atom stereocenters. The van der Waals surface area contributed by atoms with Gasteiger partial charge in [-0.25, -0.2) is 0 Å². The van der Waals surface area contributed by atoms with E-state index in [4.69, 9.17) is 11.6 Å². The Kier molecular flexibility index (Phi) is 2.41. The lowest BCUT2D eigenvalue weighted by molar-refractivity contribution is -0.118. The normalized spacial score (nSPS) is 27.5. The number of nitrogens with one attached hydrogen (secondary N) is 1. The fourth-order valence-corrected chi connectivity index (χ4v) is 4.83. The molecule has 1 aliphatic heterocycles. The van der Waals surface area contributed by atoms with Gasteiger partial charge in [-0.05, 0) is 52.2 Å². The van der Waals surface area contributed by atoms with E-state index in [1.807, 2.05) is 18.2 Å². The molecule has 1 aromatic heterocycles. The topological polar surface area (TPSA) is 29.1 Å². The molecule has 0 bridgehead atoms. The quantitative estimate of drug-likeness (QED) is 0.800. The van der Waals surface area contributed by atoms with Crippen LogP contribution >= 0.6 is 38.9 Å². The molecular weight excluding hydrogens is 346 g/mol. The molecule has 2 nitrogen and oxygen atoms in total. The van der Waals surface area contributed by atoms with Crippen molar-refractivity contribution < 1.29 is 4.79 Å². The average molecular weight is 355 g/mol. The van der Waals surface area contributed by atoms with Crippen LogP contribution in [0.5, 0.6) is 0 Å². The first-order chi connectivity index (χ1) is 9.11. The van der Waals surface area contributed by atoms with E-state index in [0.717, 1.165) is 22.1 Å². The summed E-state index contributed by atoms with van der Waals surface area (Å²) in [5, 5.41) is 5.73. The van der Waals surface area contributed by atoms with Gasteiger partial charge in [-0.15, -0.1) is 11.3 Å². The fraction of sp³-hybridized carbons (Fsp3) is 0.214. The van der Waals surface area contributed by atoms with E-state index in [1.165, 1.54) is 4.88 Å². The molecule has 1 aliphatic carbocycles. The Balaban J connectivity index is 1.82. The van der Waals surface area contributed by atoms with E-state index in [1.54, 1.807) is 11.3 Å². The molecule has 2 heterocycles. The minimum Gasteiger partial charge on any atom is -0.325 e. The number of hydrogen-bond donors (Lipinski definition) is 1. The van der Waals surface area contributed by atoms with Crippen molar-refractivity contribution in [2.45, 2.75) is 17.8 Å². The Labute approximate surface area is 127 Å². The van der Waals surface area contributed by atoms with Gasteiger partial charge < -0.3 is 5.32 Å². The van der Waals surface area contributed by atoms with Gasteiger partial charge >= 0.3 is 0 Å². The Morgan fingerprint density at radius 3 is 3.00 bits per heavy atom. The summed E-state index contributed by atoms with van der Waals surface area (Å²) in [4.78, 5) is 13.6. The number of carbonyl (C=O) groups is 1. The zero-order valence-corrected chi connectivity index (χ0v) is 12.9. The molecule has 2 aliphatic rings. The van der Waals surface area contributed by atoms with Gasteiger partial charge in [0, 0.05) is 31.4 Å². The standard InChI is InChI=1S/C14H9BrClNOS/c15-7-3-12(19-6-7)10-5-14(10)9-4-8(16)1-2-11(9)17-13(14)18/h1-4,6,10H,5H2,(H,17,18)/t10-,14-/m1/s1. The van der Waals surface area contributed by atoms with Crippen LogP contribution in [0.15, 0.2) is 34.1 Å². The Morgan fingerprint density at radius 2 is 2.26 bits per heavy atom. The number of thiophene rings is 1. The summed E-state index contributed by atoms with van der Waals surface area (Å²) in [5.41, 5.74) is 1.58. The van der Waals surface area contributed by atoms with E-state index in [0.29, 0.717) is 5.02 Å². The van der Waals surface area contributed by atoms with Crippen LogP contribution in [0.3, 0.4) is 0 Å². The van der Waals surface area contributed by atoms with Gasteiger partial charge in [-0.2, -0.15) is 0 Å². The van der Waals surface area contributed by atoms with Crippen LogP contribution in [0.1, 0.15) is 22.8 Å². The van der Waals surface area contributed by atoms with E-state index < -0.39 is 0 Å². The first-order valence-corrected chi connectivity index (χ1v) is 8.02. The van der Waals surface area contributed by atoms with Gasteiger partial charge in [-0.1, -0.05) is 11.6 Å². The van der Waals surface area contributed by atoms with Gasteiger partial charge in [0.2, 0.25) is 5.91 Å². The number of anilines is 1. The zero-order valence-electron chi connectivity index (χ0n) is 9.74. The summed E-state index contributed by atoms with van der Waals surface area (Å²) < 4.78 is 1.08. The molecule has 0 saturated heterocycles. The summed E-state index contributed by atoms with van der Waals surface area (Å²) in [5.74, 6) is 0.391. The molecule has 1 amide bonds. The molecule has 4 rings (SSSR count). The minimum atomic E-state index is -0.384. The molecule has 2 aromatic rings. The van der Waals surface area contributed by atoms with Crippen molar-refractivity contribution in [2.75, 3.05) is 5.32 Å². The predicted molar refractivity (Wildman–Crippen MR) is 81.1 cm³/mol. The van der Waals surface area contributed by atoms with Crippen LogP contribution in [-0.2, 0) is 10.2 Å². The van der Waals surface area contributed by atoms with E-state index in [9.17, 15) is 4.79 Å². The fourth-order valence-electron chi connectivity index (χ4n) is 3.02. The highest BCUT2D eigenvalue weighted by Gasteiger charge is 2.65. The highest BCUT2D eigenvalue weighted by atomic mass is 79.9. The van der Waals surface area contributed by atoms with Crippen molar-refractivity contribution in [1.29, 1.82) is 0 Å². The molecule has 2 atom stereocenters. The van der Waals surface area contributed by atoms with Crippen LogP contribution < -0.4 is 5.32 Å². The maximum Gasteiger partial charge on any atom is 0.235 e. The number of halogens is 2. The van der Waals surface area contributed by atoms with Crippen molar-refractivity contribution in [1.82, 2.24) is 0 Å². The number of amides is 1. The number of rotatable bonds is 1. The van der Waals surface area contributed by atoms with Crippen molar-refractivity contribution in [3.8, 4) is 0 Å². The Bertz CT molecular complexity index is 713. The van der Waals surface area contributed by atoms with Gasteiger partial charge in [0.05, 0.1) is 5.41 Å². The van der Waals surface area contributed by atoms with Gasteiger partial charge in [0.25, 0.3) is 0 Å². The summed E-state index contributed by atoms with van der Waals surface area (Å²) >= 11 is 11.3. The molecule has 1 N–H and O–H groups in total. The Morgan fingerprint density at radius 1 is 1.42 bits per heavy atom. The second kappa shape index (κ2) is 3.84. The summed E-state index contributed by atoms with van der Waals surface area (Å²) in [6.07, 6.45) is 0.874. The highest BCUT2D eigenvalue weighted by Crippen LogP contribution is 2.66. The van der Waals surface area contributed by atoms with Crippen molar-refractivity contribution in [3.63, 3.8) is 0 Å². The van der Waals surface area contributed by atoms with E-state index >= 15 is 0 Å². The molecule has 1 saturated carbocycles. The lowest BCUT2D eigenvalue weighted by Gasteiger charge is -2.07. The Hall–Kier alpha value is -0.840. The molecular formula is C14H9BrClNOS. The first-order valence-electron chi connectivity index (χ1n) is 5.97. The number of carbonyl (C=O) groups excluding carboxylic acids is 1. The number of fused-ring (bicyclic) bond motifs is 2. The van der Waals surface area contributed by atoms with E-state index in [2.05, 4.69) is 32.7 Å². The van der Waals surface area contributed by atoms with Crippen LogP contribution in [0.4, 0.5) is 5.69 Å². The first kappa shape index (κ1) is 11.9. The van der Waals surface area contributed by atoms with Crippen molar-refractivity contribution in [3.05, 3.63) is 49.6 Å².